The fourth-order valence-corrected chi connectivity index (χ4v) is 4.65. The number of aliphatic carboxylic acids is 2. The molecule has 0 unspecified atom stereocenters. The van der Waals surface area contributed by atoms with Crippen LogP contribution in [0.4, 0.5) is 16.3 Å². The molecule has 0 radical (unpaired) electrons. The highest BCUT2D eigenvalue weighted by Gasteiger charge is 2.41. The highest BCUT2D eigenvalue weighted by atomic mass is 16.6. The van der Waals surface area contributed by atoms with Crippen molar-refractivity contribution >= 4 is 46.5 Å². The summed E-state index contributed by atoms with van der Waals surface area (Å²) in [4.78, 5) is 60.4. The summed E-state index contributed by atoms with van der Waals surface area (Å²) in [5.74, 6) is -0.639. The van der Waals surface area contributed by atoms with Gasteiger partial charge in [-0.3, -0.25) is 14.4 Å². The van der Waals surface area contributed by atoms with Crippen LogP contribution in [-0.2, 0) is 14.4 Å². The second-order valence-electron chi connectivity index (χ2n) is 10.6. The Kier molecular flexibility index (Phi) is 11.4. The van der Waals surface area contributed by atoms with Gasteiger partial charge in [-0.05, 0) is 50.3 Å². The number of nitrogens with two attached hydrogens (primary N) is 1. The van der Waals surface area contributed by atoms with Gasteiger partial charge in [0.1, 0.15) is 23.5 Å². The number of amides is 2. The number of aromatic amines is 1. The van der Waals surface area contributed by atoms with E-state index in [1.807, 2.05) is 13.1 Å². The van der Waals surface area contributed by atoms with Gasteiger partial charge < -0.3 is 40.8 Å². The Labute approximate surface area is 249 Å². The number of anilines is 2. The molecule has 1 aromatic carbocycles. The standard InChI is InChI=1S/C23H29N7O3.C6H10O4/c1-15-12-25-19-18(15)20(27-14-26-19)30-9-7-23(13-24,8-10-30)21(31)28-16-5-4-6-17(11-16)33-22(32)29(2)3;7-5(8)3-1-2-4-6(9)10/h4-6,11-12,14H,7-10,13,24H2,1-3H3,(H,28,31)(H,25,26,27);1-4H2,(H,7,8)(H,9,10). The summed E-state index contributed by atoms with van der Waals surface area (Å²) in [6.45, 7) is 3.57. The van der Waals surface area contributed by atoms with Crippen molar-refractivity contribution in [2.45, 2.75) is 45.4 Å². The number of piperidine rings is 1. The molecule has 6 N–H and O–H groups in total. The Balaban J connectivity index is 0.000000436. The Morgan fingerprint density at radius 1 is 1.09 bits per heavy atom. The summed E-state index contributed by atoms with van der Waals surface area (Å²) in [6.07, 6.45) is 5.21. The molecule has 0 aliphatic carbocycles. The largest absolute Gasteiger partial charge is 0.481 e. The molecular weight excluding hydrogens is 558 g/mol. The van der Waals surface area contributed by atoms with E-state index in [4.69, 9.17) is 20.7 Å². The van der Waals surface area contributed by atoms with Crippen molar-refractivity contribution < 1.29 is 34.1 Å². The molecule has 0 saturated carbocycles. The molecule has 0 spiro atoms. The van der Waals surface area contributed by atoms with Crippen molar-refractivity contribution in [1.29, 1.82) is 0 Å². The van der Waals surface area contributed by atoms with E-state index in [0.29, 0.717) is 50.2 Å². The van der Waals surface area contributed by atoms with E-state index in [2.05, 4.69) is 25.2 Å². The molecule has 2 amide bonds. The first-order valence-electron chi connectivity index (χ1n) is 13.9. The van der Waals surface area contributed by atoms with Crippen LogP contribution >= 0.6 is 0 Å². The third kappa shape index (κ3) is 8.88. The minimum absolute atomic E-state index is 0.0628. The lowest BCUT2D eigenvalue weighted by molar-refractivity contribution is -0.139. The fraction of sp³-hybridized carbons (Fsp3) is 0.448. The van der Waals surface area contributed by atoms with Gasteiger partial charge in [0.15, 0.2) is 0 Å². The molecule has 2 aromatic heterocycles. The van der Waals surface area contributed by atoms with Gasteiger partial charge in [-0.15, -0.1) is 0 Å². The molecule has 1 saturated heterocycles. The van der Waals surface area contributed by atoms with E-state index < -0.39 is 23.4 Å². The number of hydrogen-bond donors (Lipinski definition) is 5. The molecule has 1 fully saturated rings. The predicted octanol–water partition coefficient (Wildman–Crippen LogP) is 3.23. The van der Waals surface area contributed by atoms with E-state index in [-0.39, 0.29) is 25.3 Å². The van der Waals surface area contributed by atoms with Gasteiger partial charge in [0.05, 0.1) is 10.8 Å². The maximum atomic E-state index is 13.3. The summed E-state index contributed by atoms with van der Waals surface area (Å²) in [5.41, 5.74) is 7.88. The molecule has 0 bridgehead atoms. The minimum Gasteiger partial charge on any atom is -0.481 e. The molecule has 232 valence electrons. The quantitative estimate of drug-likeness (QED) is 0.215. The Morgan fingerprint density at radius 2 is 1.74 bits per heavy atom. The Morgan fingerprint density at radius 3 is 2.33 bits per heavy atom. The molecule has 3 heterocycles. The highest BCUT2D eigenvalue weighted by molar-refractivity contribution is 5.96. The number of fused-ring (bicyclic) bond motifs is 1. The highest BCUT2D eigenvalue weighted by Crippen LogP contribution is 2.36. The first-order valence-corrected chi connectivity index (χ1v) is 13.9. The number of aryl methyl sites for hydroxylation is 1. The Bertz CT molecular complexity index is 1420. The molecule has 4 rings (SSSR count). The smallest absolute Gasteiger partial charge is 0.414 e. The monoisotopic (exact) mass is 597 g/mol. The van der Waals surface area contributed by atoms with Crippen molar-refractivity contribution in [1.82, 2.24) is 19.9 Å². The van der Waals surface area contributed by atoms with Crippen molar-refractivity contribution in [3.05, 3.63) is 42.4 Å². The van der Waals surface area contributed by atoms with Crippen molar-refractivity contribution in [3.8, 4) is 5.75 Å². The number of ether oxygens (including phenoxy) is 1. The number of carboxylic acids is 2. The molecular formula is C29H39N7O7. The van der Waals surface area contributed by atoms with Crippen molar-refractivity contribution in [2.24, 2.45) is 11.1 Å². The zero-order chi connectivity index (χ0) is 31.6. The lowest BCUT2D eigenvalue weighted by Gasteiger charge is -2.40. The van der Waals surface area contributed by atoms with Crippen LogP contribution in [0.1, 0.15) is 44.1 Å². The number of hydrogen-bond acceptors (Lipinski definition) is 9. The van der Waals surface area contributed by atoms with Gasteiger partial charge in [0.25, 0.3) is 0 Å². The summed E-state index contributed by atoms with van der Waals surface area (Å²) >= 11 is 0. The molecule has 0 atom stereocenters. The van der Waals surface area contributed by atoms with E-state index in [1.54, 1.807) is 44.7 Å². The molecule has 3 aromatic rings. The number of nitrogens with one attached hydrogen (secondary N) is 2. The second-order valence-corrected chi connectivity index (χ2v) is 10.6. The zero-order valence-corrected chi connectivity index (χ0v) is 24.6. The van der Waals surface area contributed by atoms with Crippen molar-refractivity contribution in [2.75, 3.05) is 43.9 Å². The number of H-pyrrole nitrogens is 1. The number of benzene rings is 1. The summed E-state index contributed by atoms with van der Waals surface area (Å²) in [7, 11) is 3.21. The van der Waals surface area contributed by atoms with Crippen LogP contribution in [0.15, 0.2) is 36.8 Å². The molecule has 14 heteroatoms. The number of unbranched alkanes of at least 4 members (excludes halogenated alkanes) is 1. The lowest BCUT2D eigenvalue weighted by Crippen LogP contribution is -2.50. The average molecular weight is 598 g/mol. The summed E-state index contributed by atoms with van der Waals surface area (Å²) in [5, 5.41) is 20.2. The van der Waals surface area contributed by atoms with Crippen LogP contribution in [0.2, 0.25) is 0 Å². The van der Waals surface area contributed by atoms with Crippen LogP contribution in [0.3, 0.4) is 0 Å². The average Bonchev–Trinajstić information content (AvgIpc) is 3.36. The number of carbonyl (C=O) groups is 4. The Hall–Kier alpha value is -4.72. The van der Waals surface area contributed by atoms with E-state index in [9.17, 15) is 19.2 Å². The third-order valence-corrected chi connectivity index (χ3v) is 7.23. The normalized spacial score (nSPS) is 13.9. The van der Waals surface area contributed by atoms with E-state index in [0.717, 1.165) is 22.4 Å². The summed E-state index contributed by atoms with van der Waals surface area (Å²) in [6, 6.07) is 6.78. The van der Waals surface area contributed by atoms with Crippen LogP contribution in [0.25, 0.3) is 11.0 Å². The third-order valence-electron chi connectivity index (χ3n) is 7.23. The number of carbonyl (C=O) groups excluding carboxylic acids is 2. The second kappa shape index (κ2) is 15.0. The van der Waals surface area contributed by atoms with Crippen molar-refractivity contribution in [3.63, 3.8) is 0 Å². The SMILES string of the molecule is Cc1c[nH]c2ncnc(N3CCC(CN)(C(=O)Nc4cccc(OC(=O)N(C)C)c4)CC3)c12.O=C(O)CCCCC(=O)O. The topological polar surface area (TPSA) is 204 Å². The molecule has 1 aliphatic rings. The first-order chi connectivity index (χ1) is 20.5. The zero-order valence-electron chi connectivity index (χ0n) is 24.6. The maximum Gasteiger partial charge on any atom is 0.414 e. The number of rotatable bonds is 10. The lowest BCUT2D eigenvalue weighted by atomic mass is 9.77. The number of nitrogens with zero attached hydrogens (tertiary/aromatic N) is 4. The fourth-order valence-electron chi connectivity index (χ4n) is 4.65. The molecule has 14 nitrogen and oxygen atoms in total. The predicted molar refractivity (Wildman–Crippen MR) is 160 cm³/mol. The van der Waals surface area contributed by atoms with Gasteiger partial charge in [-0.2, -0.15) is 0 Å². The van der Waals surface area contributed by atoms with Gasteiger partial charge in [0.2, 0.25) is 5.91 Å². The molecule has 1 aliphatic heterocycles. The first kappa shape index (κ1) is 32.8. The van der Waals surface area contributed by atoms with E-state index in [1.165, 1.54) is 4.90 Å². The number of aromatic nitrogens is 3. The van der Waals surface area contributed by atoms with Crippen LogP contribution in [0, 0.1) is 12.3 Å². The van der Waals surface area contributed by atoms with Gasteiger partial charge in [-0.25, -0.2) is 14.8 Å². The number of carboxylic acid groups (broad SMARTS) is 2. The van der Waals surface area contributed by atoms with Gasteiger partial charge in [-0.1, -0.05) is 6.07 Å². The maximum absolute atomic E-state index is 13.3. The van der Waals surface area contributed by atoms with Crippen LogP contribution in [-0.4, -0.2) is 87.7 Å². The van der Waals surface area contributed by atoms with E-state index >= 15 is 0 Å². The molecule has 43 heavy (non-hydrogen) atoms. The van der Waals surface area contributed by atoms with Gasteiger partial charge in [0, 0.05) is 64.5 Å². The van der Waals surface area contributed by atoms with Crippen LogP contribution in [0.5, 0.6) is 5.75 Å². The summed E-state index contributed by atoms with van der Waals surface area (Å²) < 4.78 is 5.29. The van der Waals surface area contributed by atoms with Gasteiger partial charge >= 0.3 is 18.0 Å². The minimum atomic E-state index is -0.870. The van der Waals surface area contributed by atoms with Crippen LogP contribution < -0.4 is 20.7 Å².